The number of amides is 1. The van der Waals surface area contributed by atoms with E-state index in [1.807, 2.05) is 26.0 Å². The largest absolute Gasteiger partial charge is 0.339 e. The molecule has 4 bridgehead atoms. The van der Waals surface area contributed by atoms with Crippen LogP contribution in [-0.2, 0) is 16.8 Å². The molecular weight excluding hydrogens is 386 g/mol. The van der Waals surface area contributed by atoms with Crippen molar-refractivity contribution in [3.05, 3.63) is 35.4 Å². The average Bonchev–Trinajstić information content (AvgIpc) is 2.70. The molecule has 0 aromatic heterocycles. The molecule has 0 spiro atoms. The van der Waals surface area contributed by atoms with Crippen LogP contribution >= 0.6 is 0 Å². The summed E-state index contributed by atoms with van der Waals surface area (Å²) in [5.41, 5.74) is 1.39. The Morgan fingerprint density at radius 3 is 2.24 bits per heavy atom. The predicted molar refractivity (Wildman–Crippen MR) is 113 cm³/mol. The monoisotopic (exact) mass is 419 g/mol. The summed E-state index contributed by atoms with van der Waals surface area (Å²) < 4.78 is 31.1. The van der Waals surface area contributed by atoms with E-state index in [4.69, 9.17) is 0 Å². The van der Waals surface area contributed by atoms with E-state index in [2.05, 4.69) is 9.44 Å². The van der Waals surface area contributed by atoms with Crippen LogP contribution in [0.1, 0.15) is 61.9 Å². The number of nitrogens with one attached hydrogen (secondary N) is 2. The molecule has 29 heavy (non-hydrogen) atoms. The Kier molecular flexibility index (Phi) is 6.00. The van der Waals surface area contributed by atoms with E-state index in [-0.39, 0.29) is 18.5 Å². The topological polar surface area (TPSA) is 78.5 Å². The van der Waals surface area contributed by atoms with Crippen LogP contribution in [0.3, 0.4) is 0 Å². The minimum Gasteiger partial charge on any atom is -0.339 e. The highest BCUT2D eigenvalue weighted by Gasteiger charge is 2.49. The van der Waals surface area contributed by atoms with Gasteiger partial charge in [0, 0.05) is 31.2 Å². The van der Waals surface area contributed by atoms with Crippen molar-refractivity contribution in [1.29, 1.82) is 0 Å². The Morgan fingerprint density at radius 1 is 1.03 bits per heavy atom. The van der Waals surface area contributed by atoms with Crippen molar-refractivity contribution >= 4 is 16.1 Å². The first-order valence-corrected chi connectivity index (χ1v) is 12.5. The van der Waals surface area contributed by atoms with Crippen LogP contribution in [0.25, 0.3) is 0 Å². The molecule has 0 unspecified atom stereocenters. The van der Waals surface area contributed by atoms with Crippen molar-refractivity contribution in [2.24, 2.45) is 23.7 Å². The van der Waals surface area contributed by atoms with E-state index in [1.54, 1.807) is 17.0 Å². The number of carbonyl (C=O) groups excluding carboxylic acids is 1. The van der Waals surface area contributed by atoms with Crippen molar-refractivity contribution in [3.63, 3.8) is 0 Å². The molecule has 4 fully saturated rings. The van der Waals surface area contributed by atoms with Crippen molar-refractivity contribution in [2.75, 3.05) is 13.1 Å². The number of nitrogens with zero attached hydrogens (tertiary/aromatic N) is 1. The fraction of sp³-hybridized carbons (Fsp3) is 0.682. The first-order valence-electron chi connectivity index (χ1n) is 11.0. The molecule has 4 aliphatic carbocycles. The highest BCUT2D eigenvalue weighted by molar-refractivity contribution is 7.87. The van der Waals surface area contributed by atoms with Gasteiger partial charge in [0.15, 0.2) is 0 Å². The SMILES string of the molecule is CCN(CC)C(=O)c1cccc(CNS(=O)(=O)NC2C3CC4CC(C3)CC2C4)c1. The third kappa shape index (κ3) is 4.52. The summed E-state index contributed by atoms with van der Waals surface area (Å²) in [5, 5.41) is 0. The van der Waals surface area contributed by atoms with Gasteiger partial charge in [-0.3, -0.25) is 4.79 Å². The van der Waals surface area contributed by atoms with Gasteiger partial charge < -0.3 is 4.90 Å². The Balaban J connectivity index is 1.37. The average molecular weight is 420 g/mol. The fourth-order valence-corrected chi connectivity index (χ4v) is 7.21. The summed E-state index contributed by atoms with van der Waals surface area (Å²) in [6.07, 6.45) is 6.06. The molecule has 1 aromatic rings. The van der Waals surface area contributed by atoms with E-state index in [0.717, 1.165) is 17.4 Å². The Bertz CT molecular complexity index is 823. The van der Waals surface area contributed by atoms with E-state index in [1.165, 1.54) is 32.1 Å². The molecule has 0 aliphatic heterocycles. The highest BCUT2D eigenvalue weighted by atomic mass is 32.2. The van der Waals surface area contributed by atoms with Crippen LogP contribution in [0.15, 0.2) is 24.3 Å². The molecule has 1 aromatic carbocycles. The first-order chi connectivity index (χ1) is 13.9. The van der Waals surface area contributed by atoms with Gasteiger partial charge >= 0.3 is 0 Å². The molecule has 0 heterocycles. The molecule has 0 saturated heterocycles. The zero-order valence-electron chi connectivity index (χ0n) is 17.4. The Hall–Kier alpha value is -1.44. The molecule has 0 atom stereocenters. The lowest BCUT2D eigenvalue weighted by Crippen LogP contribution is -2.57. The second-order valence-corrected chi connectivity index (χ2v) is 10.6. The maximum absolute atomic E-state index is 12.7. The molecule has 1 amide bonds. The lowest BCUT2D eigenvalue weighted by Gasteiger charge is -2.54. The Morgan fingerprint density at radius 2 is 1.66 bits per heavy atom. The zero-order valence-corrected chi connectivity index (χ0v) is 18.2. The standard InChI is InChI=1S/C22H33N3O3S/c1-3-25(4-2)22(26)18-7-5-6-15(9-18)14-23-29(27,28)24-21-19-10-16-8-17(12-19)13-20(21)11-16/h5-7,9,16-17,19-21,23-24H,3-4,8,10-14H2,1-2H3. The zero-order chi connectivity index (χ0) is 20.6. The Labute approximate surface area is 174 Å². The van der Waals surface area contributed by atoms with Crippen LogP contribution in [-0.4, -0.2) is 38.4 Å². The van der Waals surface area contributed by atoms with Crippen LogP contribution in [0.4, 0.5) is 0 Å². The predicted octanol–water partition coefficient (Wildman–Crippen LogP) is 2.92. The van der Waals surface area contributed by atoms with Gasteiger partial charge in [-0.1, -0.05) is 12.1 Å². The quantitative estimate of drug-likeness (QED) is 0.680. The fourth-order valence-electron chi connectivity index (χ4n) is 6.02. The van der Waals surface area contributed by atoms with Crippen LogP contribution < -0.4 is 9.44 Å². The van der Waals surface area contributed by atoms with Crippen LogP contribution in [0.2, 0.25) is 0 Å². The summed E-state index contributed by atoms with van der Waals surface area (Å²) in [5.74, 6) is 2.61. The number of carbonyl (C=O) groups is 1. The van der Waals surface area contributed by atoms with Gasteiger partial charge in [-0.25, -0.2) is 0 Å². The number of benzene rings is 1. The van der Waals surface area contributed by atoms with E-state index < -0.39 is 10.2 Å². The van der Waals surface area contributed by atoms with Crippen LogP contribution in [0.5, 0.6) is 0 Å². The van der Waals surface area contributed by atoms with Gasteiger partial charge in [0.2, 0.25) is 0 Å². The van der Waals surface area contributed by atoms with Crippen molar-refractivity contribution in [2.45, 2.75) is 58.5 Å². The number of hydrogen-bond donors (Lipinski definition) is 2. The van der Waals surface area contributed by atoms with Crippen molar-refractivity contribution in [3.8, 4) is 0 Å². The van der Waals surface area contributed by atoms with E-state index in [9.17, 15) is 13.2 Å². The minimum absolute atomic E-state index is 0.0218. The maximum Gasteiger partial charge on any atom is 0.277 e. The molecule has 2 N–H and O–H groups in total. The van der Waals surface area contributed by atoms with Gasteiger partial charge in [0.25, 0.3) is 16.1 Å². The van der Waals surface area contributed by atoms with Gasteiger partial charge in [0.05, 0.1) is 0 Å². The second-order valence-electron chi connectivity index (χ2n) is 9.08. The number of hydrogen-bond acceptors (Lipinski definition) is 3. The van der Waals surface area contributed by atoms with Gasteiger partial charge in [-0.15, -0.1) is 0 Å². The summed E-state index contributed by atoms with van der Waals surface area (Å²) in [4.78, 5) is 14.3. The smallest absolute Gasteiger partial charge is 0.277 e. The molecular formula is C22H33N3O3S. The molecule has 6 nitrogen and oxygen atoms in total. The molecule has 4 aliphatic rings. The first kappa shape index (κ1) is 20.8. The summed E-state index contributed by atoms with van der Waals surface area (Å²) in [6, 6.07) is 7.31. The molecule has 0 radical (unpaired) electrons. The van der Waals surface area contributed by atoms with E-state index in [0.29, 0.717) is 30.5 Å². The lowest BCUT2D eigenvalue weighted by molar-refractivity contribution is -0.00569. The van der Waals surface area contributed by atoms with Crippen molar-refractivity contribution in [1.82, 2.24) is 14.3 Å². The molecule has 160 valence electrons. The minimum atomic E-state index is -3.58. The molecule has 5 rings (SSSR count). The summed E-state index contributed by atoms with van der Waals surface area (Å²) in [6.45, 7) is 5.40. The normalized spacial score (nSPS) is 30.5. The van der Waals surface area contributed by atoms with Crippen LogP contribution in [0, 0.1) is 23.7 Å². The lowest BCUT2D eigenvalue weighted by atomic mass is 9.54. The van der Waals surface area contributed by atoms with Gasteiger partial charge in [0.1, 0.15) is 0 Å². The summed E-state index contributed by atoms with van der Waals surface area (Å²) in [7, 11) is -3.58. The molecule has 7 heteroatoms. The van der Waals surface area contributed by atoms with Gasteiger partial charge in [-0.2, -0.15) is 17.9 Å². The number of rotatable bonds is 8. The third-order valence-corrected chi connectivity index (χ3v) is 8.32. The van der Waals surface area contributed by atoms with E-state index >= 15 is 0 Å². The molecule has 4 saturated carbocycles. The third-order valence-electron chi connectivity index (χ3n) is 7.21. The van der Waals surface area contributed by atoms with Crippen molar-refractivity contribution < 1.29 is 13.2 Å². The second kappa shape index (κ2) is 8.36. The van der Waals surface area contributed by atoms with Gasteiger partial charge in [-0.05, 0) is 87.3 Å². The summed E-state index contributed by atoms with van der Waals surface area (Å²) >= 11 is 0. The highest BCUT2D eigenvalue weighted by Crippen LogP contribution is 2.53. The maximum atomic E-state index is 12.7.